The smallest absolute Gasteiger partial charge is 0.391 e. The number of halogens is 3. The van der Waals surface area contributed by atoms with E-state index >= 15 is 0 Å². The second kappa shape index (κ2) is 5.15. The Bertz CT molecular complexity index is 325. The van der Waals surface area contributed by atoms with Gasteiger partial charge in [0.2, 0.25) is 5.89 Å². The summed E-state index contributed by atoms with van der Waals surface area (Å²) in [4.78, 5) is 0. The predicted molar refractivity (Wildman–Crippen MR) is 50.8 cm³/mol. The summed E-state index contributed by atoms with van der Waals surface area (Å²) in [5, 5.41) is 9.65. The van der Waals surface area contributed by atoms with Crippen molar-refractivity contribution in [1.29, 1.82) is 0 Å². The fourth-order valence-corrected chi connectivity index (χ4v) is 1.15. The molecule has 92 valence electrons. The highest BCUT2D eigenvalue weighted by Gasteiger charge is 2.30. The fourth-order valence-electron chi connectivity index (χ4n) is 1.15. The number of alkyl halides is 3. The Kier molecular flexibility index (Phi) is 4.11. The molecule has 0 aromatic carbocycles. The van der Waals surface area contributed by atoms with E-state index in [0.29, 0.717) is 18.9 Å². The van der Waals surface area contributed by atoms with Gasteiger partial charge in [0.25, 0.3) is 0 Å². The normalized spacial score (nSPS) is 13.8. The molecule has 0 spiro atoms. The number of aromatic nitrogens is 2. The molecule has 0 aliphatic carbocycles. The maximum absolute atomic E-state index is 12.0. The average Bonchev–Trinajstić information content (AvgIpc) is 2.49. The molecule has 16 heavy (non-hydrogen) atoms. The van der Waals surface area contributed by atoms with Crippen LogP contribution in [0.4, 0.5) is 19.2 Å². The van der Waals surface area contributed by atoms with Gasteiger partial charge in [0.1, 0.15) is 0 Å². The SMILES string of the molecule is CC(CC(F)(F)F)Nc1nnc(CCN)o1. The van der Waals surface area contributed by atoms with Gasteiger partial charge in [-0.1, -0.05) is 5.10 Å². The van der Waals surface area contributed by atoms with Crippen LogP contribution in [0.2, 0.25) is 0 Å². The summed E-state index contributed by atoms with van der Waals surface area (Å²) in [6.45, 7) is 1.74. The third-order valence-corrected chi connectivity index (χ3v) is 1.73. The molecular formula is C8H13F3N4O. The van der Waals surface area contributed by atoms with E-state index in [1.807, 2.05) is 0 Å². The van der Waals surface area contributed by atoms with E-state index in [-0.39, 0.29) is 6.01 Å². The van der Waals surface area contributed by atoms with Gasteiger partial charge in [0.05, 0.1) is 6.42 Å². The molecule has 0 saturated heterocycles. The van der Waals surface area contributed by atoms with Crippen LogP contribution in [0.25, 0.3) is 0 Å². The minimum Gasteiger partial charge on any atom is -0.408 e. The van der Waals surface area contributed by atoms with Crippen LogP contribution in [0.1, 0.15) is 19.2 Å². The number of hydrogen-bond acceptors (Lipinski definition) is 5. The second-order valence-electron chi connectivity index (χ2n) is 3.40. The van der Waals surface area contributed by atoms with Crippen LogP contribution in [-0.2, 0) is 6.42 Å². The zero-order valence-electron chi connectivity index (χ0n) is 8.71. The van der Waals surface area contributed by atoms with Crippen molar-refractivity contribution in [3.8, 4) is 0 Å². The van der Waals surface area contributed by atoms with Crippen molar-refractivity contribution in [3.63, 3.8) is 0 Å². The Morgan fingerprint density at radius 1 is 1.44 bits per heavy atom. The van der Waals surface area contributed by atoms with Gasteiger partial charge < -0.3 is 15.5 Å². The molecule has 1 aromatic rings. The third-order valence-electron chi connectivity index (χ3n) is 1.73. The summed E-state index contributed by atoms with van der Waals surface area (Å²) in [5.74, 6) is 0.309. The van der Waals surface area contributed by atoms with E-state index < -0.39 is 18.6 Å². The van der Waals surface area contributed by atoms with E-state index in [1.165, 1.54) is 6.92 Å². The lowest BCUT2D eigenvalue weighted by atomic mass is 10.2. The zero-order valence-corrected chi connectivity index (χ0v) is 8.71. The molecule has 0 fully saturated rings. The van der Waals surface area contributed by atoms with Crippen molar-refractivity contribution < 1.29 is 17.6 Å². The van der Waals surface area contributed by atoms with Gasteiger partial charge in [-0.2, -0.15) is 13.2 Å². The van der Waals surface area contributed by atoms with Gasteiger partial charge in [0, 0.05) is 19.0 Å². The van der Waals surface area contributed by atoms with Crippen molar-refractivity contribution in [1.82, 2.24) is 10.2 Å². The predicted octanol–water partition coefficient (Wildman–Crippen LogP) is 1.32. The first kappa shape index (κ1) is 12.8. The summed E-state index contributed by atoms with van der Waals surface area (Å²) >= 11 is 0. The number of nitrogens with one attached hydrogen (secondary N) is 1. The van der Waals surface area contributed by atoms with Crippen molar-refractivity contribution in [2.24, 2.45) is 5.73 Å². The van der Waals surface area contributed by atoms with Gasteiger partial charge in [-0.3, -0.25) is 0 Å². The Morgan fingerprint density at radius 2 is 2.12 bits per heavy atom. The molecule has 1 atom stereocenters. The molecule has 0 aliphatic heterocycles. The molecule has 0 radical (unpaired) electrons. The lowest BCUT2D eigenvalue weighted by Crippen LogP contribution is -2.23. The minimum atomic E-state index is -4.22. The van der Waals surface area contributed by atoms with Crippen LogP contribution in [0.15, 0.2) is 4.42 Å². The molecule has 1 unspecified atom stereocenters. The molecule has 0 aliphatic rings. The first-order valence-electron chi connectivity index (χ1n) is 4.76. The molecule has 1 heterocycles. The van der Waals surface area contributed by atoms with Crippen molar-refractivity contribution in [2.45, 2.75) is 32.0 Å². The lowest BCUT2D eigenvalue weighted by molar-refractivity contribution is -0.136. The molecular weight excluding hydrogens is 225 g/mol. The summed E-state index contributed by atoms with van der Waals surface area (Å²) in [6.07, 6.45) is -4.77. The van der Waals surface area contributed by atoms with Gasteiger partial charge in [0.15, 0.2) is 0 Å². The van der Waals surface area contributed by atoms with Crippen LogP contribution in [0, 0.1) is 0 Å². The number of anilines is 1. The van der Waals surface area contributed by atoms with Gasteiger partial charge in [-0.05, 0) is 6.92 Å². The number of rotatable bonds is 5. The second-order valence-corrected chi connectivity index (χ2v) is 3.40. The highest BCUT2D eigenvalue weighted by atomic mass is 19.4. The number of nitrogens with two attached hydrogens (primary N) is 1. The van der Waals surface area contributed by atoms with Crippen LogP contribution in [0.5, 0.6) is 0 Å². The van der Waals surface area contributed by atoms with Crippen molar-refractivity contribution in [3.05, 3.63) is 5.89 Å². The quantitative estimate of drug-likeness (QED) is 0.809. The molecule has 0 bridgehead atoms. The molecule has 0 amide bonds. The average molecular weight is 238 g/mol. The van der Waals surface area contributed by atoms with Crippen LogP contribution in [-0.4, -0.2) is 29.0 Å². The minimum absolute atomic E-state index is 0.0137. The third kappa shape index (κ3) is 4.47. The summed E-state index contributed by atoms with van der Waals surface area (Å²) in [7, 11) is 0. The lowest BCUT2D eigenvalue weighted by Gasteiger charge is -2.13. The Hall–Kier alpha value is -1.31. The largest absolute Gasteiger partial charge is 0.408 e. The molecule has 3 N–H and O–H groups in total. The van der Waals surface area contributed by atoms with Gasteiger partial charge in [-0.15, -0.1) is 5.10 Å². The summed E-state index contributed by atoms with van der Waals surface area (Å²) in [6, 6.07) is -0.827. The van der Waals surface area contributed by atoms with E-state index in [0.717, 1.165) is 0 Å². The first-order valence-corrected chi connectivity index (χ1v) is 4.76. The number of nitrogens with zero attached hydrogens (tertiary/aromatic N) is 2. The van der Waals surface area contributed by atoms with Crippen molar-refractivity contribution in [2.75, 3.05) is 11.9 Å². The van der Waals surface area contributed by atoms with E-state index in [9.17, 15) is 13.2 Å². The molecule has 0 saturated carbocycles. The molecule has 8 heteroatoms. The maximum atomic E-state index is 12.0. The topological polar surface area (TPSA) is 77.0 Å². The Labute approximate surface area is 90.2 Å². The van der Waals surface area contributed by atoms with Crippen LogP contribution < -0.4 is 11.1 Å². The van der Waals surface area contributed by atoms with Crippen LogP contribution >= 0.6 is 0 Å². The first-order chi connectivity index (χ1) is 7.40. The summed E-state index contributed by atoms with van der Waals surface area (Å²) in [5.41, 5.74) is 5.26. The van der Waals surface area contributed by atoms with Crippen molar-refractivity contribution >= 4 is 6.01 Å². The molecule has 5 nitrogen and oxygen atoms in total. The van der Waals surface area contributed by atoms with Gasteiger partial charge >= 0.3 is 12.2 Å². The molecule has 1 rings (SSSR count). The maximum Gasteiger partial charge on any atom is 0.391 e. The standard InChI is InChI=1S/C8H13F3N4O/c1-5(4-8(9,10)11)13-7-15-14-6(16-7)2-3-12/h5H,2-4,12H2,1H3,(H,13,15). The monoisotopic (exact) mass is 238 g/mol. The number of hydrogen-bond donors (Lipinski definition) is 2. The van der Waals surface area contributed by atoms with E-state index in [4.69, 9.17) is 10.2 Å². The van der Waals surface area contributed by atoms with E-state index in [1.54, 1.807) is 0 Å². The Morgan fingerprint density at radius 3 is 2.69 bits per heavy atom. The van der Waals surface area contributed by atoms with Crippen LogP contribution in [0.3, 0.4) is 0 Å². The molecule has 1 aromatic heterocycles. The fraction of sp³-hybridized carbons (Fsp3) is 0.750. The van der Waals surface area contributed by atoms with Gasteiger partial charge in [-0.25, -0.2) is 0 Å². The highest BCUT2D eigenvalue weighted by molar-refractivity contribution is 5.18. The summed E-state index contributed by atoms with van der Waals surface area (Å²) < 4.78 is 41.1. The van der Waals surface area contributed by atoms with E-state index in [2.05, 4.69) is 15.5 Å². The highest BCUT2D eigenvalue weighted by Crippen LogP contribution is 2.22. The zero-order chi connectivity index (χ0) is 12.2. The Balaban J connectivity index is 2.46.